The Kier molecular flexibility index (Phi) is 11.8. The molecule has 1 aromatic carbocycles. The predicted molar refractivity (Wildman–Crippen MR) is 132 cm³/mol. The Morgan fingerprint density at radius 2 is 1.87 bits per heavy atom. The molecule has 0 atom stereocenters. The van der Waals surface area contributed by atoms with E-state index in [0.29, 0.717) is 26.3 Å². The molecule has 9 nitrogen and oxygen atoms in total. The molecular formula is C21H34IN7O2. The summed E-state index contributed by atoms with van der Waals surface area (Å²) in [5, 5.41) is 15.1. The maximum atomic E-state index is 5.76. The number of morpholine rings is 1. The van der Waals surface area contributed by atoms with Gasteiger partial charge in [-0.25, -0.2) is 4.99 Å². The van der Waals surface area contributed by atoms with E-state index >= 15 is 0 Å². The van der Waals surface area contributed by atoms with Gasteiger partial charge in [0.15, 0.2) is 11.8 Å². The monoisotopic (exact) mass is 543 g/mol. The van der Waals surface area contributed by atoms with E-state index < -0.39 is 0 Å². The normalized spacial score (nSPS) is 14.8. The minimum absolute atomic E-state index is 0. The van der Waals surface area contributed by atoms with E-state index in [1.165, 1.54) is 5.56 Å². The van der Waals surface area contributed by atoms with E-state index in [0.717, 1.165) is 57.0 Å². The number of rotatable bonds is 10. The highest BCUT2D eigenvalue weighted by atomic mass is 127. The fraction of sp³-hybridized carbons (Fsp3) is 0.571. The molecule has 2 aromatic rings. The van der Waals surface area contributed by atoms with E-state index in [4.69, 9.17) is 9.47 Å². The molecule has 0 amide bonds. The molecule has 0 unspecified atom stereocenters. The summed E-state index contributed by atoms with van der Waals surface area (Å²) in [6.07, 6.45) is 0. The van der Waals surface area contributed by atoms with Crippen LogP contribution < -0.4 is 10.6 Å². The third kappa shape index (κ3) is 9.09. The van der Waals surface area contributed by atoms with Gasteiger partial charge in [0.05, 0.1) is 26.4 Å². The van der Waals surface area contributed by atoms with Crippen LogP contribution in [-0.4, -0.2) is 78.2 Å². The Morgan fingerprint density at radius 3 is 2.58 bits per heavy atom. The Hall–Kier alpha value is -1.76. The summed E-state index contributed by atoms with van der Waals surface area (Å²) >= 11 is 0. The van der Waals surface area contributed by atoms with Crippen molar-refractivity contribution in [3.63, 3.8) is 0 Å². The highest BCUT2D eigenvalue weighted by molar-refractivity contribution is 14.0. The molecule has 1 fully saturated rings. The number of nitrogens with zero attached hydrogens (tertiary/aromatic N) is 5. The number of aryl methyl sites for hydroxylation is 1. The van der Waals surface area contributed by atoms with Crippen LogP contribution in [0.3, 0.4) is 0 Å². The van der Waals surface area contributed by atoms with E-state index in [-0.39, 0.29) is 24.0 Å². The highest BCUT2D eigenvalue weighted by Gasteiger charge is 2.10. The summed E-state index contributed by atoms with van der Waals surface area (Å²) in [5.74, 6) is 2.47. The van der Waals surface area contributed by atoms with Crippen LogP contribution >= 0.6 is 24.0 Å². The minimum Gasteiger partial charge on any atom is -0.379 e. The molecule has 172 valence electrons. The van der Waals surface area contributed by atoms with E-state index in [1.54, 1.807) is 0 Å². The highest BCUT2D eigenvalue weighted by Crippen LogP contribution is 2.01. The molecule has 2 heterocycles. The van der Waals surface area contributed by atoms with Gasteiger partial charge in [0, 0.05) is 39.8 Å². The van der Waals surface area contributed by atoms with Gasteiger partial charge >= 0.3 is 0 Å². The Morgan fingerprint density at radius 1 is 1.13 bits per heavy atom. The number of benzene rings is 1. The molecule has 0 radical (unpaired) electrons. The third-order valence-corrected chi connectivity index (χ3v) is 5.04. The molecular weight excluding hydrogens is 509 g/mol. The van der Waals surface area contributed by atoms with Gasteiger partial charge in [-0.2, -0.15) is 0 Å². The molecule has 1 aliphatic rings. The molecule has 1 aliphatic heterocycles. The zero-order valence-corrected chi connectivity index (χ0v) is 20.7. The van der Waals surface area contributed by atoms with Gasteiger partial charge in [-0.3, -0.25) is 4.90 Å². The quantitative estimate of drug-likeness (QED) is 0.202. The largest absolute Gasteiger partial charge is 0.379 e. The first-order chi connectivity index (χ1) is 14.7. The molecule has 0 bridgehead atoms. The second-order valence-corrected chi connectivity index (χ2v) is 7.23. The molecule has 1 aromatic heterocycles. The van der Waals surface area contributed by atoms with Gasteiger partial charge < -0.3 is 24.7 Å². The average molecular weight is 543 g/mol. The third-order valence-electron chi connectivity index (χ3n) is 5.04. The molecule has 10 heteroatoms. The molecule has 0 spiro atoms. The standard InChI is InChI=1S/C21H33N7O2.HI/c1-18-25-26-20(27(18)2)16-24-21(22-8-10-28-11-14-29-15-12-28)23-9-13-30-17-19-6-4-3-5-7-19;/h3-7H,8-17H2,1-2H3,(H2,22,23,24);1H. The minimum atomic E-state index is 0. The summed E-state index contributed by atoms with van der Waals surface area (Å²) in [4.78, 5) is 7.07. The summed E-state index contributed by atoms with van der Waals surface area (Å²) in [7, 11) is 1.95. The Bertz CT molecular complexity index is 779. The SMILES string of the molecule is Cc1nnc(CN=C(NCCOCc2ccccc2)NCCN2CCOCC2)n1C.I. The topological polar surface area (TPSA) is 88.8 Å². The van der Waals surface area contributed by atoms with Crippen LogP contribution in [-0.2, 0) is 29.7 Å². The molecule has 0 aliphatic carbocycles. The molecule has 31 heavy (non-hydrogen) atoms. The number of nitrogens with one attached hydrogen (secondary N) is 2. The number of guanidine groups is 1. The molecule has 2 N–H and O–H groups in total. The number of aromatic nitrogens is 3. The van der Waals surface area contributed by atoms with Gasteiger partial charge in [0.25, 0.3) is 0 Å². The van der Waals surface area contributed by atoms with Gasteiger partial charge in [-0.1, -0.05) is 30.3 Å². The van der Waals surface area contributed by atoms with E-state index in [9.17, 15) is 0 Å². The van der Waals surface area contributed by atoms with Crippen LogP contribution in [0.1, 0.15) is 17.2 Å². The maximum Gasteiger partial charge on any atom is 0.191 e. The molecule has 3 rings (SSSR count). The zero-order valence-electron chi connectivity index (χ0n) is 18.4. The summed E-state index contributed by atoms with van der Waals surface area (Å²) in [6.45, 7) is 9.63. The van der Waals surface area contributed by atoms with Crippen LogP contribution in [0, 0.1) is 6.92 Å². The van der Waals surface area contributed by atoms with Crippen molar-refractivity contribution in [3.05, 3.63) is 47.5 Å². The Balaban J connectivity index is 0.00000341. The van der Waals surface area contributed by atoms with Gasteiger partial charge in [-0.15, -0.1) is 34.2 Å². The van der Waals surface area contributed by atoms with E-state index in [1.807, 2.05) is 36.7 Å². The number of ether oxygens (including phenoxy) is 2. The lowest BCUT2D eigenvalue weighted by Crippen LogP contribution is -2.45. The first kappa shape index (κ1) is 25.5. The van der Waals surface area contributed by atoms with Gasteiger partial charge in [0.1, 0.15) is 12.4 Å². The molecule has 0 saturated carbocycles. The smallest absolute Gasteiger partial charge is 0.191 e. The second-order valence-electron chi connectivity index (χ2n) is 7.23. The Labute approximate surface area is 201 Å². The van der Waals surface area contributed by atoms with Crippen molar-refractivity contribution in [1.29, 1.82) is 0 Å². The predicted octanol–water partition coefficient (Wildman–Crippen LogP) is 1.33. The number of hydrogen-bond acceptors (Lipinski definition) is 6. The van der Waals surface area contributed by atoms with Crippen molar-refractivity contribution in [2.45, 2.75) is 20.1 Å². The zero-order chi connectivity index (χ0) is 21.0. The molecule has 1 saturated heterocycles. The number of halogens is 1. The lowest BCUT2D eigenvalue weighted by atomic mass is 10.2. The van der Waals surface area contributed by atoms with Crippen molar-refractivity contribution in [2.75, 3.05) is 52.5 Å². The second kappa shape index (κ2) is 14.3. The fourth-order valence-electron chi connectivity index (χ4n) is 3.08. The van der Waals surface area contributed by atoms with Crippen LogP contribution in [0.4, 0.5) is 0 Å². The number of aliphatic imine (C=N–C) groups is 1. The van der Waals surface area contributed by atoms with Crippen LogP contribution in [0.2, 0.25) is 0 Å². The van der Waals surface area contributed by atoms with Crippen LogP contribution in [0.15, 0.2) is 35.3 Å². The van der Waals surface area contributed by atoms with Crippen molar-refractivity contribution in [1.82, 2.24) is 30.3 Å². The van der Waals surface area contributed by atoms with Crippen molar-refractivity contribution >= 4 is 29.9 Å². The van der Waals surface area contributed by atoms with Crippen molar-refractivity contribution < 1.29 is 9.47 Å². The average Bonchev–Trinajstić information content (AvgIpc) is 3.10. The summed E-state index contributed by atoms with van der Waals surface area (Å²) in [6, 6.07) is 10.2. The lowest BCUT2D eigenvalue weighted by Gasteiger charge is -2.26. The fourth-order valence-corrected chi connectivity index (χ4v) is 3.08. The van der Waals surface area contributed by atoms with E-state index in [2.05, 4.69) is 42.9 Å². The maximum absolute atomic E-state index is 5.76. The van der Waals surface area contributed by atoms with Gasteiger partial charge in [0.2, 0.25) is 0 Å². The summed E-state index contributed by atoms with van der Waals surface area (Å²) < 4.78 is 13.1. The lowest BCUT2D eigenvalue weighted by molar-refractivity contribution is 0.0389. The number of hydrogen-bond donors (Lipinski definition) is 2. The van der Waals surface area contributed by atoms with Gasteiger partial charge in [-0.05, 0) is 12.5 Å². The first-order valence-electron chi connectivity index (χ1n) is 10.5. The van der Waals surface area contributed by atoms with Crippen LogP contribution in [0.5, 0.6) is 0 Å². The van der Waals surface area contributed by atoms with Crippen molar-refractivity contribution in [2.24, 2.45) is 12.0 Å². The van der Waals surface area contributed by atoms with Crippen molar-refractivity contribution in [3.8, 4) is 0 Å². The first-order valence-corrected chi connectivity index (χ1v) is 10.5. The van der Waals surface area contributed by atoms with Crippen LogP contribution in [0.25, 0.3) is 0 Å². The summed E-state index contributed by atoms with van der Waals surface area (Å²) in [5.41, 5.74) is 1.17.